The zero-order valence-corrected chi connectivity index (χ0v) is 15.6. The molecule has 3 heterocycles. The van der Waals surface area contributed by atoms with Crippen LogP contribution in [-0.4, -0.2) is 45.3 Å². The quantitative estimate of drug-likeness (QED) is 0.664. The molecule has 1 unspecified atom stereocenters. The Balaban J connectivity index is 1.51. The number of aromatic nitrogens is 1. The highest BCUT2D eigenvalue weighted by Gasteiger charge is 2.58. The number of carboxylic acids is 1. The summed E-state index contributed by atoms with van der Waals surface area (Å²) in [6, 6.07) is 16.2. The van der Waals surface area contributed by atoms with E-state index < -0.39 is 23.6 Å². The molecule has 0 radical (unpaired) electrons. The van der Waals surface area contributed by atoms with Gasteiger partial charge in [0, 0.05) is 29.9 Å². The number of morpholine rings is 1. The summed E-state index contributed by atoms with van der Waals surface area (Å²) in [6.45, 7) is 0.127. The number of nitrogens with zero attached hydrogens (tertiary/aromatic N) is 1. The van der Waals surface area contributed by atoms with Crippen LogP contribution in [0.15, 0.2) is 60.8 Å². The fourth-order valence-electron chi connectivity index (χ4n) is 4.31. The van der Waals surface area contributed by atoms with Gasteiger partial charge in [0.25, 0.3) is 0 Å². The minimum absolute atomic E-state index is 0.0318. The molecular formula is C22H20N2O5. The summed E-state index contributed by atoms with van der Waals surface area (Å²) in [5.74, 6) is -1.53. The third-order valence-electron chi connectivity index (χ3n) is 5.80. The van der Waals surface area contributed by atoms with Crippen molar-refractivity contribution in [3.8, 4) is 0 Å². The first-order chi connectivity index (χ1) is 14.1. The maximum atomic E-state index is 12.4. The van der Waals surface area contributed by atoms with Crippen LogP contribution in [0.3, 0.4) is 0 Å². The Bertz CT molecular complexity index is 1080. The Labute approximate surface area is 166 Å². The molecule has 2 saturated heterocycles. The molecule has 29 heavy (non-hydrogen) atoms. The molecule has 7 nitrogen and oxygen atoms in total. The maximum Gasteiger partial charge on any atom is 0.338 e. The van der Waals surface area contributed by atoms with Crippen LogP contribution in [0.1, 0.15) is 23.6 Å². The number of carbonyl (C=O) groups is 2. The molecule has 0 bridgehead atoms. The number of hydrogen-bond donors (Lipinski definition) is 2. The van der Waals surface area contributed by atoms with Crippen molar-refractivity contribution in [3.63, 3.8) is 0 Å². The maximum absolute atomic E-state index is 12.4. The van der Waals surface area contributed by atoms with Crippen LogP contribution < -0.4 is 0 Å². The van der Waals surface area contributed by atoms with E-state index in [0.717, 1.165) is 22.0 Å². The highest BCUT2D eigenvalue weighted by atomic mass is 16.7. The third kappa shape index (κ3) is 2.90. The van der Waals surface area contributed by atoms with Gasteiger partial charge < -0.3 is 14.8 Å². The number of hydroxylamine groups is 2. The first-order valence-corrected chi connectivity index (χ1v) is 9.55. The molecule has 0 amide bonds. The number of carboxylic acid groups (broad SMARTS) is 1. The summed E-state index contributed by atoms with van der Waals surface area (Å²) in [5.41, 5.74) is 1.15. The van der Waals surface area contributed by atoms with Gasteiger partial charge in [-0.25, -0.2) is 4.79 Å². The smallest absolute Gasteiger partial charge is 0.338 e. The lowest BCUT2D eigenvalue weighted by atomic mass is 9.88. The number of ether oxygens (including phenoxy) is 1. The Morgan fingerprint density at radius 3 is 2.69 bits per heavy atom. The van der Waals surface area contributed by atoms with Crippen LogP contribution >= 0.6 is 0 Å². The summed E-state index contributed by atoms with van der Waals surface area (Å²) >= 11 is 0. The van der Waals surface area contributed by atoms with E-state index in [0.29, 0.717) is 0 Å². The number of benzene rings is 2. The van der Waals surface area contributed by atoms with E-state index in [1.54, 1.807) is 0 Å². The molecule has 2 aromatic carbocycles. The van der Waals surface area contributed by atoms with E-state index >= 15 is 0 Å². The van der Waals surface area contributed by atoms with E-state index in [2.05, 4.69) is 4.98 Å². The van der Waals surface area contributed by atoms with Crippen LogP contribution in [-0.2, 0) is 25.6 Å². The summed E-state index contributed by atoms with van der Waals surface area (Å²) in [7, 11) is 0. The Kier molecular flexibility index (Phi) is 4.15. The molecule has 2 aliphatic heterocycles. The SMILES string of the molecule is O=C1OCC(c2ccccc2)N2O[C@@](Cc3c[nH]c4ccccc34)(C(=O)O)C[C@@H]12. The predicted molar refractivity (Wildman–Crippen MR) is 104 cm³/mol. The van der Waals surface area contributed by atoms with Gasteiger partial charge in [-0.3, -0.25) is 9.63 Å². The van der Waals surface area contributed by atoms with Crippen molar-refractivity contribution >= 4 is 22.8 Å². The van der Waals surface area contributed by atoms with Gasteiger partial charge in [0.1, 0.15) is 12.6 Å². The normalized spacial score (nSPS) is 27.0. The number of aliphatic carboxylic acids is 1. The highest BCUT2D eigenvalue weighted by Crippen LogP contribution is 2.43. The molecular weight excluding hydrogens is 372 g/mol. The first-order valence-electron chi connectivity index (χ1n) is 9.55. The average molecular weight is 392 g/mol. The molecule has 5 rings (SSSR count). The lowest BCUT2D eigenvalue weighted by Crippen LogP contribution is -2.46. The van der Waals surface area contributed by atoms with Gasteiger partial charge >= 0.3 is 11.9 Å². The van der Waals surface area contributed by atoms with Crippen LogP contribution in [0, 0.1) is 0 Å². The third-order valence-corrected chi connectivity index (χ3v) is 5.80. The zero-order chi connectivity index (χ0) is 20.0. The van der Waals surface area contributed by atoms with Gasteiger partial charge in [-0.05, 0) is 17.2 Å². The molecule has 2 fully saturated rings. The van der Waals surface area contributed by atoms with Gasteiger partial charge in [-0.15, -0.1) is 0 Å². The molecule has 1 aromatic heterocycles. The number of nitrogens with one attached hydrogen (secondary N) is 1. The molecule has 148 valence electrons. The molecule has 0 aliphatic carbocycles. The monoisotopic (exact) mass is 392 g/mol. The van der Waals surface area contributed by atoms with Crippen molar-refractivity contribution < 1.29 is 24.3 Å². The van der Waals surface area contributed by atoms with Crippen molar-refractivity contribution in [3.05, 3.63) is 71.9 Å². The lowest BCUT2D eigenvalue weighted by molar-refractivity contribution is -0.252. The Morgan fingerprint density at radius 1 is 1.14 bits per heavy atom. The first kappa shape index (κ1) is 17.9. The Hall–Kier alpha value is -3.16. The number of fused-ring (bicyclic) bond motifs is 2. The summed E-state index contributed by atoms with van der Waals surface area (Å²) < 4.78 is 5.38. The molecule has 2 N–H and O–H groups in total. The van der Waals surface area contributed by atoms with E-state index in [-0.39, 0.29) is 25.5 Å². The summed E-state index contributed by atoms with van der Waals surface area (Å²) in [5, 5.41) is 12.6. The molecule has 0 saturated carbocycles. The van der Waals surface area contributed by atoms with E-state index in [9.17, 15) is 14.7 Å². The van der Waals surface area contributed by atoms with Crippen LogP contribution in [0.25, 0.3) is 10.9 Å². The standard InChI is InChI=1S/C22H20N2O5/c25-20-18-11-22(21(26)27,10-15-12-23-17-9-5-4-8-16(15)17)29-24(18)19(13-28-20)14-6-2-1-3-7-14/h1-9,12,18-19,23H,10-11,13H2,(H,26,27)/t18-,19?,22+/m0/s1. The predicted octanol–water partition coefficient (Wildman–Crippen LogP) is 2.84. The molecule has 2 aliphatic rings. The number of rotatable bonds is 4. The number of para-hydroxylation sites is 1. The van der Waals surface area contributed by atoms with Gasteiger partial charge in [-0.1, -0.05) is 48.5 Å². The van der Waals surface area contributed by atoms with E-state index in [1.807, 2.05) is 60.8 Å². The van der Waals surface area contributed by atoms with Gasteiger partial charge in [-0.2, -0.15) is 5.06 Å². The van der Waals surface area contributed by atoms with Crippen molar-refractivity contribution in [1.29, 1.82) is 0 Å². The number of esters is 1. The minimum Gasteiger partial charge on any atom is -0.479 e. The molecule has 3 aromatic rings. The van der Waals surface area contributed by atoms with E-state index in [4.69, 9.17) is 9.57 Å². The Morgan fingerprint density at radius 2 is 1.90 bits per heavy atom. The van der Waals surface area contributed by atoms with E-state index in [1.165, 1.54) is 5.06 Å². The van der Waals surface area contributed by atoms with Gasteiger partial charge in [0.05, 0.1) is 6.04 Å². The van der Waals surface area contributed by atoms with Crippen LogP contribution in [0.4, 0.5) is 0 Å². The molecule has 0 spiro atoms. The van der Waals surface area contributed by atoms with Gasteiger partial charge in [0.15, 0.2) is 5.60 Å². The molecule has 7 heteroatoms. The van der Waals surface area contributed by atoms with Gasteiger partial charge in [0.2, 0.25) is 0 Å². The second kappa shape index (κ2) is 6.72. The van der Waals surface area contributed by atoms with Crippen molar-refractivity contribution in [1.82, 2.24) is 10.0 Å². The number of cyclic esters (lactones) is 1. The minimum atomic E-state index is -1.54. The average Bonchev–Trinajstić information content (AvgIpc) is 3.33. The summed E-state index contributed by atoms with van der Waals surface area (Å²) in [6.07, 6.45) is 1.99. The second-order valence-corrected chi connectivity index (χ2v) is 7.56. The van der Waals surface area contributed by atoms with Crippen molar-refractivity contribution in [2.45, 2.75) is 30.5 Å². The van der Waals surface area contributed by atoms with Crippen LogP contribution in [0.2, 0.25) is 0 Å². The number of H-pyrrole nitrogens is 1. The van der Waals surface area contributed by atoms with Crippen LogP contribution in [0.5, 0.6) is 0 Å². The molecule has 3 atom stereocenters. The van der Waals surface area contributed by atoms with Crippen molar-refractivity contribution in [2.75, 3.05) is 6.61 Å². The summed E-state index contributed by atoms with van der Waals surface area (Å²) in [4.78, 5) is 34.1. The zero-order valence-electron chi connectivity index (χ0n) is 15.6. The number of hydrogen-bond acceptors (Lipinski definition) is 5. The lowest BCUT2D eigenvalue weighted by Gasteiger charge is -2.35. The highest BCUT2D eigenvalue weighted by molar-refractivity contribution is 5.86. The fraction of sp³-hybridized carbons (Fsp3) is 0.273. The topological polar surface area (TPSA) is 91.9 Å². The largest absolute Gasteiger partial charge is 0.479 e. The number of aromatic amines is 1. The van der Waals surface area contributed by atoms with Crippen molar-refractivity contribution in [2.24, 2.45) is 0 Å². The fourth-order valence-corrected chi connectivity index (χ4v) is 4.31. The number of carbonyl (C=O) groups excluding carboxylic acids is 1. The second-order valence-electron chi connectivity index (χ2n) is 7.56.